The van der Waals surface area contributed by atoms with Crippen molar-refractivity contribution in [3.05, 3.63) is 12.3 Å². The van der Waals surface area contributed by atoms with Gasteiger partial charge in [-0.3, -0.25) is 0 Å². The van der Waals surface area contributed by atoms with Gasteiger partial charge in [0, 0.05) is 6.42 Å². The van der Waals surface area contributed by atoms with E-state index >= 15 is 0 Å². The zero-order chi connectivity index (χ0) is 9.61. The maximum absolute atomic E-state index is 5.52. The molecule has 0 aliphatic heterocycles. The highest BCUT2D eigenvalue weighted by atomic mass is 28.4. The molecule has 0 rings (SSSR count). The van der Waals surface area contributed by atoms with Crippen LogP contribution >= 0.6 is 0 Å². The van der Waals surface area contributed by atoms with Gasteiger partial charge < -0.3 is 8.85 Å². The fourth-order valence-electron chi connectivity index (χ4n) is 0.665. The molecule has 0 aromatic heterocycles. The monoisotopic (exact) mass is 184 g/mol. The highest BCUT2D eigenvalue weighted by Gasteiger charge is 2.26. The normalized spacial score (nSPS) is 10.5. The number of terminal acetylenes is 1. The molecule has 0 bridgehead atoms. The summed E-state index contributed by atoms with van der Waals surface area (Å²) in [6.07, 6.45) is 5.88. The van der Waals surface area contributed by atoms with Gasteiger partial charge in [-0.05, 0) is 13.1 Å². The Bertz CT molecular complexity index is 191. The fraction of sp³-hybridized carbons (Fsp3) is 0.556. The van der Waals surface area contributed by atoms with Gasteiger partial charge in [0.2, 0.25) is 0 Å². The van der Waals surface area contributed by atoms with Crippen LogP contribution in [0.4, 0.5) is 0 Å². The third-order valence-corrected chi connectivity index (χ3v) is 2.91. The van der Waals surface area contributed by atoms with Gasteiger partial charge in [-0.2, -0.15) is 0 Å². The van der Waals surface area contributed by atoms with Crippen molar-refractivity contribution in [2.45, 2.75) is 26.4 Å². The molecule has 12 heavy (non-hydrogen) atoms. The lowest BCUT2D eigenvalue weighted by Crippen LogP contribution is -2.34. The third-order valence-electron chi connectivity index (χ3n) is 1.29. The van der Waals surface area contributed by atoms with Gasteiger partial charge in [0.05, 0.1) is 12.4 Å². The minimum Gasteiger partial charge on any atom is -0.525 e. The van der Waals surface area contributed by atoms with Crippen molar-refractivity contribution in [1.29, 1.82) is 0 Å². The van der Waals surface area contributed by atoms with Crippen molar-refractivity contribution in [1.82, 2.24) is 0 Å². The van der Waals surface area contributed by atoms with E-state index in [0.717, 1.165) is 12.2 Å². The van der Waals surface area contributed by atoms with Crippen LogP contribution in [-0.2, 0) is 8.85 Å². The molecule has 0 saturated heterocycles. The molecule has 0 unspecified atom stereocenters. The Labute approximate surface area is 75.8 Å². The highest BCUT2D eigenvalue weighted by Crippen LogP contribution is 2.12. The topological polar surface area (TPSA) is 18.5 Å². The van der Waals surface area contributed by atoms with Crippen molar-refractivity contribution in [2.24, 2.45) is 0 Å². The molecule has 0 amide bonds. The molecule has 0 heterocycles. The lowest BCUT2D eigenvalue weighted by atomic mass is 10.4. The second kappa shape index (κ2) is 5.02. The van der Waals surface area contributed by atoms with E-state index in [9.17, 15) is 0 Å². The van der Waals surface area contributed by atoms with Crippen molar-refractivity contribution >= 4 is 8.56 Å². The zero-order valence-electron chi connectivity index (χ0n) is 8.02. The predicted molar refractivity (Wildman–Crippen MR) is 52.8 cm³/mol. The van der Waals surface area contributed by atoms with Crippen molar-refractivity contribution in [2.75, 3.05) is 6.61 Å². The van der Waals surface area contributed by atoms with Gasteiger partial charge in [0.25, 0.3) is 0 Å². The Balaban J connectivity index is 3.87. The first-order chi connectivity index (χ1) is 5.52. The van der Waals surface area contributed by atoms with Crippen LogP contribution in [0, 0.1) is 12.3 Å². The summed E-state index contributed by atoms with van der Waals surface area (Å²) in [5, 5.41) is 0. The first-order valence-electron chi connectivity index (χ1n) is 3.96. The van der Waals surface area contributed by atoms with Crippen LogP contribution in [-0.4, -0.2) is 15.2 Å². The lowest BCUT2D eigenvalue weighted by molar-refractivity contribution is 0.240. The Morgan fingerprint density at radius 3 is 2.58 bits per heavy atom. The lowest BCUT2D eigenvalue weighted by Gasteiger charge is -2.23. The summed E-state index contributed by atoms with van der Waals surface area (Å²) in [6.45, 7) is 9.96. The minimum absolute atomic E-state index is 0.316. The molecule has 0 spiro atoms. The van der Waals surface area contributed by atoms with Gasteiger partial charge >= 0.3 is 8.56 Å². The minimum atomic E-state index is -2.05. The van der Waals surface area contributed by atoms with E-state index in [-0.39, 0.29) is 0 Å². The van der Waals surface area contributed by atoms with Gasteiger partial charge in [-0.25, -0.2) is 0 Å². The van der Waals surface area contributed by atoms with Crippen LogP contribution in [0.2, 0.25) is 13.1 Å². The van der Waals surface area contributed by atoms with Crippen molar-refractivity contribution < 1.29 is 8.85 Å². The van der Waals surface area contributed by atoms with E-state index in [4.69, 9.17) is 15.3 Å². The Kier molecular flexibility index (Phi) is 4.71. The predicted octanol–water partition coefficient (Wildman–Crippen LogP) is 2.28. The average molecular weight is 184 g/mol. The molecule has 3 heteroatoms. The summed E-state index contributed by atoms with van der Waals surface area (Å²) < 4.78 is 10.9. The Morgan fingerprint density at radius 2 is 2.17 bits per heavy atom. The Hall–Kier alpha value is -0.723. The van der Waals surface area contributed by atoms with Crippen LogP contribution < -0.4 is 0 Å². The molecule has 0 saturated carbocycles. The fourth-order valence-corrected chi connectivity index (χ4v) is 1.99. The van der Waals surface area contributed by atoms with E-state index in [1.807, 2.05) is 20.0 Å². The smallest absolute Gasteiger partial charge is 0.392 e. The SMILES string of the molecule is C#CCO[Si](C)(C)OC(=C)CC. The second-order valence-corrected chi connectivity index (χ2v) is 6.18. The highest BCUT2D eigenvalue weighted by molar-refractivity contribution is 6.64. The van der Waals surface area contributed by atoms with Gasteiger partial charge in [0.1, 0.15) is 0 Å². The molecular formula is C9H16O2Si. The molecule has 0 aliphatic carbocycles. The number of hydrogen-bond acceptors (Lipinski definition) is 2. The third kappa shape index (κ3) is 5.00. The molecule has 2 nitrogen and oxygen atoms in total. The second-order valence-electron chi connectivity index (χ2n) is 2.89. The molecule has 0 fully saturated rings. The van der Waals surface area contributed by atoms with E-state index in [1.165, 1.54) is 0 Å². The van der Waals surface area contributed by atoms with Gasteiger partial charge in [-0.15, -0.1) is 6.42 Å². The molecular weight excluding hydrogens is 168 g/mol. The first kappa shape index (κ1) is 11.3. The summed E-state index contributed by atoms with van der Waals surface area (Å²) in [5.74, 6) is 3.19. The van der Waals surface area contributed by atoms with Crippen LogP contribution in [0.5, 0.6) is 0 Å². The summed E-state index contributed by atoms with van der Waals surface area (Å²) in [4.78, 5) is 0. The van der Waals surface area contributed by atoms with Crippen LogP contribution in [0.25, 0.3) is 0 Å². The standard InChI is InChI=1S/C9H16O2Si/c1-6-8-10-12(4,5)11-9(3)7-2/h1H,3,7-8H2,2,4-5H3. The van der Waals surface area contributed by atoms with Crippen LogP contribution in [0.1, 0.15) is 13.3 Å². The van der Waals surface area contributed by atoms with E-state index in [1.54, 1.807) is 0 Å². The molecule has 0 N–H and O–H groups in total. The molecule has 0 aliphatic rings. The average Bonchev–Trinajstić information content (AvgIpc) is 2.00. The summed E-state index contributed by atoms with van der Waals surface area (Å²) >= 11 is 0. The summed E-state index contributed by atoms with van der Waals surface area (Å²) in [6, 6.07) is 0. The van der Waals surface area contributed by atoms with Crippen molar-refractivity contribution in [3.63, 3.8) is 0 Å². The number of hydrogen-bond donors (Lipinski definition) is 0. The van der Waals surface area contributed by atoms with E-state index < -0.39 is 8.56 Å². The molecule has 0 radical (unpaired) electrons. The zero-order valence-corrected chi connectivity index (χ0v) is 9.02. The molecule has 0 aromatic rings. The number of allylic oxidation sites excluding steroid dienone is 1. The summed E-state index contributed by atoms with van der Waals surface area (Å²) in [5.41, 5.74) is 0. The maximum Gasteiger partial charge on any atom is 0.392 e. The van der Waals surface area contributed by atoms with Crippen molar-refractivity contribution in [3.8, 4) is 12.3 Å². The number of rotatable bonds is 5. The van der Waals surface area contributed by atoms with Crippen LogP contribution in [0.15, 0.2) is 12.3 Å². The van der Waals surface area contributed by atoms with E-state index in [2.05, 4.69) is 12.5 Å². The molecule has 0 aromatic carbocycles. The molecule has 0 atom stereocenters. The quantitative estimate of drug-likeness (QED) is 0.371. The first-order valence-corrected chi connectivity index (χ1v) is 6.77. The molecule has 68 valence electrons. The van der Waals surface area contributed by atoms with Gasteiger partial charge in [-0.1, -0.05) is 19.4 Å². The van der Waals surface area contributed by atoms with Crippen LogP contribution in [0.3, 0.4) is 0 Å². The van der Waals surface area contributed by atoms with E-state index in [0.29, 0.717) is 6.61 Å². The maximum atomic E-state index is 5.52. The summed E-state index contributed by atoms with van der Waals surface area (Å²) in [7, 11) is -2.05. The Morgan fingerprint density at radius 1 is 1.58 bits per heavy atom. The van der Waals surface area contributed by atoms with Gasteiger partial charge in [0.15, 0.2) is 0 Å². The largest absolute Gasteiger partial charge is 0.525 e.